The van der Waals surface area contributed by atoms with Crippen molar-refractivity contribution < 1.29 is 4.74 Å². The Morgan fingerprint density at radius 1 is 1.36 bits per heavy atom. The Balaban J connectivity index is 3.71. The standard InChI is InChI=1S/C10H20O/c1-8(2)7-9(3)11-10(4,5)6/h8H,3,7H2,1-2,4-6H3. The summed E-state index contributed by atoms with van der Waals surface area (Å²) in [6, 6.07) is 0. The highest BCUT2D eigenvalue weighted by molar-refractivity contribution is 4.86. The fraction of sp³-hybridized carbons (Fsp3) is 0.800. The summed E-state index contributed by atoms with van der Waals surface area (Å²) >= 11 is 0. The van der Waals surface area contributed by atoms with Gasteiger partial charge in [-0.05, 0) is 26.7 Å². The third-order valence-electron chi connectivity index (χ3n) is 1.09. The number of ether oxygens (including phenoxy) is 1. The molecule has 0 spiro atoms. The van der Waals surface area contributed by atoms with E-state index in [1.807, 2.05) is 20.8 Å². The maximum absolute atomic E-state index is 5.55. The van der Waals surface area contributed by atoms with Crippen LogP contribution in [0.1, 0.15) is 41.0 Å². The van der Waals surface area contributed by atoms with E-state index >= 15 is 0 Å². The van der Waals surface area contributed by atoms with E-state index in [0.717, 1.165) is 12.2 Å². The van der Waals surface area contributed by atoms with Crippen LogP contribution in [0.15, 0.2) is 12.3 Å². The molecule has 0 aliphatic heterocycles. The third kappa shape index (κ3) is 7.44. The van der Waals surface area contributed by atoms with Crippen LogP contribution in [0.25, 0.3) is 0 Å². The smallest absolute Gasteiger partial charge is 0.100 e. The van der Waals surface area contributed by atoms with Crippen molar-refractivity contribution in [1.82, 2.24) is 0 Å². The topological polar surface area (TPSA) is 9.23 Å². The lowest BCUT2D eigenvalue weighted by atomic mass is 10.1. The van der Waals surface area contributed by atoms with Crippen molar-refractivity contribution in [2.75, 3.05) is 0 Å². The Morgan fingerprint density at radius 2 is 1.82 bits per heavy atom. The van der Waals surface area contributed by atoms with Crippen LogP contribution in [-0.2, 0) is 4.74 Å². The number of hydrogen-bond acceptors (Lipinski definition) is 1. The second-order valence-corrected chi connectivity index (χ2v) is 4.35. The molecule has 0 bridgehead atoms. The third-order valence-corrected chi connectivity index (χ3v) is 1.09. The van der Waals surface area contributed by atoms with E-state index in [0.29, 0.717) is 5.92 Å². The molecule has 0 aliphatic rings. The lowest BCUT2D eigenvalue weighted by Crippen LogP contribution is -2.18. The second kappa shape index (κ2) is 3.80. The molecule has 66 valence electrons. The average molecular weight is 156 g/mol. The molecule has 1 nitrogen and oxygen atoms in total. The van der Waals surface area contributed by atoms with Crippen molar-refractivity contribution in [3.05, 3.63) is 12.3 Å². The van der Waals surface area contributed by atoms with E-state index in [-0.39, 0.29) is 5.60 Å². The average Bonchev–Trinajstić information content (AvgIpc) is 1.53. The normalized spacial score (nSPS) is 11.8. The van der Waals surface area contributed by atoms with Gasteiger partial charge in [0.05, 0.1) is 5.76 Å². The largest absolute Gasteiger partial charge is 0.493 e. The second-order valence-electron chi connectivity index (χ2n) is 4.35. The SMILES string of the molecule is C=C(CC(C)C)OC(C)(C)C. The van der Waals surface area contributed by atoms with Gasteiger partial charge in [0.15, 0.2) is 0 Å². The first-order chi connectivity index (χ1) is 4.81. The van der Waals surface area contributed by atoms with Crippen LogP contribution in [0, 0.1) is 5.92 Å². The quantitative estimate of drug-likeness (QED) is 0.569. The molecule has 0 unspecified atom stereocenters. The van der Waals surface area contributed by atoms with Gasteiger partial charge in [-0.3, -0.25) is 0 Å². The maximum atomic E-state index is 5.55. The van der Waals surface area contributed by atoms with Crippen molar-refractivity contribution in [3.8, 4) is 0 Å². The predicted octanol–water partition coefficient (Wildman–Crippen LogP) is 3.36. The molecular weight excluding hydrogens is 136 g/mol. The Labute approximate surface area is 70.4 Å². The van der Waals surface area contributed by atoms with Crippen molar-refractivity contribution in [2.24, 2.45) is 5.92 Å². The first-order valence-corrected chi connectivity index (χ1v) is 4.18. The molecule has 0 radical (unpaired) electrons. The molecule has 11 heavy (non-hydrogen) atoms. The predicted molar refractivity (Wildman–Crippen MR) is 49.4 cm³/mol. The minimum Gasteiger partial charge on any atom is -0.493 e. The fourth-order valence-electron chi connectivity index (χ4n) is 0.930. The summed E-state index contributed by atoms with van der Waals surface area (Å²) in [7, 11) is 0. The van der Waals surface area contributed by atoms with Gasteiger partial charge < -0.3 is 4.74 Å². The van der Waals surface area contributed by atoms with Crippen molar-refractivity contribution in [3.63, 3.8) is 0 Å². The molecular formula is C10H20O. The summed E-state index contributed by atoms with van der Waals surface area (Å²) in [4.78, 5) is 0. The summed E-state index contributed by atoms with van der Waals surface area (Å²) in [5.74, 6) is 1.53. The van der Waals surface area contributed by atoms with Gasteiger partial charge in [0.25, 0.3) is 0 Å². The van der Waals surface area contributed by atoms with Crippen molar-refractivity contribution >= 4 is 0 Å². The zero-order chi connectivity index (χ0) is 9.07. The van der Waals surface area contributed by atoms with Gasteiger partial charge in [-0.2, -0.15) is 0 Å². The molecule has 0 rings (SSSR count). The van der Waals surface area contributed by atoms with Crippen LogP contribution in [0.2, 0.25) is 0 Å². The highest BCUT2D eigenvalue weighted by Gasteiger charge is 2.12. The number of allylic oxidation sites excluding steroid dienone is 1. The van der Waals surface area contributed by atoms with Crippen LogP contribution >= 0.6 is 0 Å². The molecule has 0 heterocycles. The molecule has 0 amide bonds. The van der Waals surface area contributed by atoms with Crippen LogP contribution in [0.3, 0.4) is 0 Å². The molecule has 0 aromatic rings. The van der Waals surface area contributed by atoms with Crippen LogP contribution < -0.4 is 0 Å². The molecule has 0 aliphatic carbocycles. The molecule has 0 atom stereocenters. The van der Waals surface area contributed by atoms with E-state index in [1.165, 1.54) is 0 Å². The maximum Gasteiger partial charge on any atom is 0.100 e. The summed E-state index contributed by atoms with van der Waals surface area (Å²) in [6.45, 7) is 14.3. The Morgan fingerprint density at radius 3 is 2.09 bits per heavy atom. The van der Waals surface area contributed by atoms with E-state index in [4.69, 9.17) is 4.74 Å². The lowest BCUT2D eigenvalue weighted by Gasteiger charge is -2.23. The summed E-state index contributed by atoms with van der Waals surface area (Å²) in [5, 5.41) is 0. The molecule has 1 heteroatoms. The summed E-state index contributed by atoms with van der Waals surface area (Å²) < 4.78 is 5.55. The van der Waals surface area contributed by atoms with Crippen LogP contribution in [-0.4, -0.2) is 5.60 Å². The molecule has 0 N–H and O–H groups in total. The highest BCUT2D eigenvalue weighted by atomic mass is 16.5. The first kappa shape index (κ1) is 10.5. The monoisotopic (exact) mass is 156 g/mol. The van der Waals surface area contributed by atoms with Crippen LogP contribution in [0.5, 0.6) is 0 Å². The van der Waals surface area contributed by atoms with E-state index in [9.17, 15) is 0 Å². The number of hydrogen-bond donors (Lipinski definition) is 0. The van der Waals surface area contributed by atoms with Crippen molar-refractivity contribution in [2.45, 2.75) is 46.6 Å². The van der Waals surface area contributed by atoms with Gasteiger partial charge in [0.2, 0.25) is 0 Å². The highest BCUT2D eigenvalue weighted by Crippen LogP contribution is 2.17. The van der Waals surface area contributed by atoms with Gasteiger partial charge >= 0.3 is 0 Å². The van der Waals surface area contributed by atoms with Gasteiger partial charge in [-0.25, -0.2) is 0 Å². The van der Waals surface area contributed by atoms with Crippen molar-refractivity contribution in [1.29, 1.82) is 0 Å². The Kier molecular flexibility index (Phi) is 3.64. The van der Waals surface area contributed by atoms with Gasteiger partial charge in [0, 0.05) is 6.42 Å². The van der Waals surface area contributed by atoms with Gasteiger partial charge in [0.1, 0.15) is 5.60 Å². The molecule has 0 saturated heterocycles. The lowest BCUT2D eigenvalue weighted by molar-refractivity contribution is 0.0450. The number of rotatable bonds is 3. The zero-order valence-corrected chi connectivity index (χ0v) is 8.40. The Hall–Kier alpha value is -0.460. The first-order valence-electron chi connectivity index (χ1n) is 4.18. The molecule has 0 aromatic carbocycles. The summed E-state index contributed by atoms with van der Waals surface area (Å²) in [5.41, 5.74) is -0.0913. The summed E-state index contributed by atoms with van der Waals surface area (Å²) in [6.07, 6.45) is 0.956. The fourth-order valence-corrected chi connectivity index (χ4v) is 0.930. The van der Waals surface area contributed by atoms with E-state index in [2.05, 4.69) is 20.4 Å². The zero-order valence-electron chi connectivity index (χ0n) is 8.40. The van der Waals surface area contributed by atoms with Gasteiger partial charge in [-0.1, -0.05) is 20.4 Å². The van der Waals surface area contributed by atoms with Gasteiger partial charge in [-0.15, -0.1) is 0 Å². The minimum atomic E-state index is -0.0913. The minimum absolute atomic E-state index is 0.0913. The molecule has 0 fully saturated rings. The molecule has 0 saturated carbocycles. The van der Waals surface area contributed by atoms with E-state index in [1.54, 1.807) is 0 Å². The molecule has 0 aromatic heterocycles. The Bertz CT molecular complexity index is 128. The van der Waals surface area contributed by atoms with Crippen LogP contribution in [0.4, 0.5) is 0 Å². The van der Waals surface area contributed by atoms with E-state index < -0.39 is 0 Å².